The standard InChI is InChI=1S/C27H24ClFN4O2/c28-23-6-2-5-22(17-23)27-30-26(31-35-27)21-4-1-3-20(15-21)18-32-11-13-33(14-12-32)25(34)16-19-7-9-24(29)10-8-19/h1-10,15,17H,11-14,16,18H2. The van der Waals surface area contributed by atoms with Crippen LogP contribution in [-0.4, -0.2) is 52.0 Å². The zero-order valence-electron chi connectivity index (χ0n) is 19.0. The van der Waals surface area contributed by atoms with Crippen molar-refractivity contribution in [2.24, 2.45) is 0 Å². The summed E-state index contributed by atoms with van der Waals surface area (Å²) >= 11 is 6.07. The molecule has 0 spiro atoms. The first kappa shape index (κ1) is 23.2. The second kappa shape index (κ2) is 10.4. The molecule has 2 heterocycles. The Labute approximate surface area is 207 Å². The summed E-state index contributed by atoms with van der Waals surface area (Å²) in [7, 11) is 0. The topological polar surface area (TPSA) is 62.5 Å². The van der Waals surface area contributed by atoms with Gasteiger partial charge in [0.15, 0.2) is 0 Å². The first-order chi connectivity index (χ1) is 17.0. The molecule has 1 amide bonds. The Kier molecular flexibility index (Phi) is 6.88. The average molecular weight is 491 g/mol. The average Bonchev–Trinajstić information content (AvgIpc) is 3.37. The van der Waals surface area contributed by atoms with Crippen LogP contribution in [0.25, 0.3) is 22.8 Å². The van der Waals surface area contributed by atoms with Crippen molar-refractivity contribution in [3.05, 3.63) is 94.8 Å². The molecular weight excluding hydrogens is 467 g/mol. The van der Waals surface area contributed by atoms with Crippen molar-refractivity contribution in [1.82, 2.24) is 19.9 Å². The van der Waals surface area contributed by atoms with E-state index in [0.29, 0.717) is 36.2 Å². The van der Waals surface area contributed by atoms with E-state index < -0.39 is 0 Å². The number of piperazine rings is 1. The SMILES string of the molecule is O=C(Cc1ccc(F)cc1)N1CCN(Cc2cccc(-c3noc(-c4cccc(Cl)c4)n3)c2)CC1. The molecule has 4 aromatic rings. The molecule has 1 aliphatic rings. The predicted octanol–water partition coefficient (Wildman–Crippen LogP) is 5.08. The van der Waals surface area contributed by atoms with Gasteiger partial charge in [-0.25, -0.2) is 4.39 Å². The number of benzene rings is 3. The largest absolute Gasteiger partial charge is 0.340 e. The maximum absolute atomic E-state index is 13.1. The van der Waals surface area contributed by atoms with Crippen molar-refractivity contribution in [3.8, 4) is 22.8 Å². The summed E-state index contributed by atoms with van der Waals surface area (Å²) in [6, 6.07) is 21.5. The third kappa shape index (κ3) is 5.75. The normalized spacial score (nSPS) is 14.3. The zero-order chi connectivity index (χ0) is 24.2. The lowest BCUT2D eigenvalue weighted by atomic mass is 10.1. The molecule has 6 nitrogen and oxygen atoms in total. The van der Waals surface area contributed by atoms with E-state index in [1.54, 1.807) is 24.3 Å². The van der Waals surface area contributed by atoms with E-state index in [1.165, 1.54) is 12.1 Å². The monoisotopic (exact) mass is 490 g/mol. The number of halogens is 2. The summed E-state index contributed by atoms with van der Waals surface area (Å²) in [6.07, 6.45) is 0.296. The molecule has 0 atom stereocenters. The molecule has 1 aromatic heterocycles. The molecule has 5 rings (SSSR count). The third-order valence-corrected chi connectivity index (χ3v) is 6.32. The van der Waals surface area contributed by atoms with E-state index >= 15 is 0 Å². The van der Waals surface area contributed by atoms with Crippen LogP contribution in [0, 0.1) is 5.82 Å². The van der Waals surface area contributed by atoms with Crippen molar-refractivity contribution in [3.63, 3.8) is 0 Å². The van der Waals surface area contributed by atoms with Crippen LogP contribution in [0.2, 0.25) is 5.02 Å². The fourth-order valence-corrected chi connectivity index (χ4v) is 4.38. The molecule has 0 N–H and O–H groups in total. The van der Waals surface area contributed by atoms with Crippen molar-refractivity contribution in [2.75, 3.05) is 26.2 Å². The summed E-state index contributed by atoms with van der Waals surface area (Å²) in [5, 5.41) is 4.75. The van der Waals surface area contributed by atoms with Gasteiger partial charge < -0.3 is 9.42 Å². The van der Waals surface area contributed by atoms with Crippen LogP contribution in [0.5, 0.6) is 0 Å². The lowest BCUT2D eigenvalue weighted by Crippen LogP contribution is -2.48. The highest BCUT2D eigenvalue weighted by Crippen LogP contribution is 2.25. The quantitative estimate of drug-likeness (QED) is 0.377. The van der Waals surface area contributed by atoms with Gasteiger partial charge in [-0.1, -0.05) is 53.2 Å². The molecular formula is C27H24ClFN4O2. The van der Waals surface area contributed by atoms with E-state index in [4.69, 9.17) is 16.1 Å². The number of rotatable bonds is 6. The molecule has 1 aliphatic heterocycles. The molecule has 1 saturated heterocycles. The van der Waals surface area contributed by atoms with Crippen LogP contribution in [0.1, 0.15) is 11.1 Å². The van der Waals surface area contributed by atoms with Crippen LogP contribution in [0.15, 0.2) is 77.3 Å². The molecule has 0 radical (unpaired) electrons. The predicted molar refractivity (Wildman–Crippen MR) is 132 cm³/mol. The van der Waals surface area contributed by atoms with Gasteiger partial charge in [0.05, 0.1) is 6.42 Å². The molecule has 0 unspecified atom stereocenters. The minimum absolute atomic E-state index is 0.0749. The Morgan fingerprint density at radius 2 is 1.66 bits per heavy atom. The van der Waals surface area contributed by atoms with Crippen molar-refractivity contribution >= 4 is 17.5 Å². The number of amides is 1. The van der Waals surface area contributed by atoms with E-state index in [2.05, 4.69) is 27.2 Å². The minimum atomic E-state index is -0.292. The summed E-state index contributed by atoms with van der Waals surface area (Å²) in [6.45, 7) is 3.70. The van der Waals surface area contributed by atoms with Crippen molar-refractivity contribution in [1.29, 1.82) is 0 Å². The highest BCUT2D eigenvalue weighted by molar-refractivity contribution is 6.30. The molecule has 1 fully saturated rings. The molecule has 0 aliphatic carbocycles. The Balaban J connectivity index is 1.18. The molecule has 178 valence electrons. The van der Waals surface area contributed by atoms with Gasteiger partial charge in [-0.2, -0.15) is 4.98 Å². The van der Waals surface area contributed by atoms with Gasteiger partial charge in [0.25, 0.3) is 5.89 Å². The Hall–Kier alpha value is -3.55. The molecule has 0 bridgehead atoms. The number of aromatic nitrogens is 2. The van der Waals surface area contributed by atoms with E-state index in [9.17, 15) is 9.18 Å². The van der Waals surface area contributed by atoms with Crippen LogP contribution in [-0.2, 0) is 17.8 Å². The van der Waals surface area contributed by atoms with Gasteiger partial charge in [-0.3, -0.25) is 9.69 Å². The summed E-state index contributed by atoms with van der Waals surface area (Å²) < 4.78 is 18.5. The lowest BCUT2D eigenvalue weighted by molar-refractivity contribution is -0.132. The molecule has 8 heteroatoms. The van der Waals surface area contributed by atoms with Crippen LogP contribution < -0.4 is 0 Å². The van der Waals surface area contributed by atoms with Crippen molar-refractivity contribution < 1.29 is 13.7 Å². The number of hydrogen-bond donors (Lipinski definition) is 0. The van der Waals surface area contributed by atoms with E-state index in [1.807, 2.05) is 29.2 Å². The molecule has 3 aromatic carbocycles. The minimum Gasteiger partial charge on any atom is -0.340 e. The Bertz CT molecular complexity index is 1320. The highest BCUT2D eigenvalue weighted by Gasteiger charge is 2.21. The second-order valence-corrected chi connectivity index (χ2v) is 9.03. The Morgan fingerprint density at radius 3 is 2.43 bits per heavy atom. The van der Waals surface area contributed by atoms with Gasteiger partial charge in [-0.15, -0.1) is 0 Å². The summed E-state index contributed by atoms with van der Waals surface area (Å²) in [5.74, 6) is 0.734. The van der Waals surface area contributed by atoms with E-state index in [-0.39, 0.29) is 11.7 Å². The van der Waals surface area contributed by atoms with Crippen LogP contribution in [0.3, 0.4) is 0 Å². The second-order valence-electron chi connectivity index (χ2n) is 8.59. The number of carbonyl (C=O) groups is 1. The summed E-state index contributed by atoms with van der Waals surface area (Å²) in [4.78, 5) is 21.4. The number of carbonyl (C=O) groups excluding carboxylic acids is 1. The van der Waals surface area contributed by atoms with Gasteiger partial charge in [0, 0.05) is 48.9 Å². The fourth-order valence-electron chi connectivity index (χ4n) is 4.19. The summed E-state index contributed by atoms with van der Waals surface area (Å²) in [5.41, 5.74) is 3.63. The smallest absolute Gasteiger partial charge is 0.258 e. The van der Waals surface area contributed by atoms with Gasteiger partial charge in [0.2, 0.25) is 11.7 Å². The van der Waals surface area contributed by atoms with Crippen LogP contribution in [0.4, 0.5) is 4.39 Å². The molecule has 35 heavy (non-hydrogen) atoms. The maximum atomic E-state index is 13.1. The number of nitrogens with zero attached hydrogens (tertiary/aromatic N) is 4. The van der Waals surface area contributed by atoms with Gasteiger partial charge in [-0.05, 0) is 47.5 Å². The first-order valence-electron chi connectivity index (χ1n) is 11.5. The Morgan fingerprint density at radius 1 is 0.914 bits per heavy atom. The first-order valence-corrected chi connectivity index (χ1v) is 11.8. The zero-order valence-corrected chi connectivity index (χ0v) is 19.8. The van der Waals surface area contributed by atoms with Crippen molar-refractivity contribution in [2.45, 2.75) is 13.0 Å². The van der Waals surface area contributed by atoms with E-state index in [0.717, 1.165) is 41.9 Å². The fraction of sp³-hybridized carbons (Fsp3) is 0.222. The van der Waals surface area contributed by atoms with Gasteiger partial charge >= 0.3 is 0 Å². The van der Waals surface area contributed by atoms with Crippen LogP contribution >= 0.6 is 11.6 Å². The highest BCUT2D eigenvalue weighted by atomic mass is 35.5. The molecule has 0 saturated carbocycles. The lowest BCUT2D eigenvalue weighted by Gasteiger charge is -2.35. The number of hydrogen-bond acceptors (Lipinski definition) is 5. The third-order valence-electron chi connectivity index (χ3n) is 6.08. The van der Waals surface area contributed by atoms with Gasteiger partial charge in [0.1, 0.15) is 5.82 Å². The maximum Gasteiger partial charge on any atom is 0.258 e.